The highest BCUT2D eigenvalue weighted by Crippen LogP contribution is 2.40. The Labute approximate surface area is 750 Å². The SMILES string of the molecule is C.C.C.CC(=O)Nc1c(O)cc([N+](=O)[O-])cc1Br.CC(=O)OC(C)=O.CN1CCNCC1.COc1cc([N+](=O)[O-])cc(Br)c1N.COc1cc([N+](=O)[O-])cc(Br)c1NC(C)=O.COc1cc([N+](=O)[O-])ccc1N.Cc1nc2c(Br)cc([N+](=O)[O-])cc2o1.Cc1nc2c(N3CCN(C)CC3)cc(N)cc2o1.Cc1nc2c(N3CCN(C)CC3)cc([N+](=O)[O-])cc2o1. The second-order valence-electron chi connectivity index (χ2n) is 26.1. The van der Waals surface area contributed by atoms with E-state index in [-0.39, 0.29) is 89.9 Å². The van der Waals surface area contributed by atoms with Crippen molar-refractivity contribution in [3.8, 4) is 23.0 Å². The number of esters is 2. The van der Waals surface area contributed by atoms with Crippen LogP contribution in [0.4, 0.5) is 73.9 Å². The molecule has 125 heavy (non-hydrogen) atoms. The summed E-state index contributed by atoms with van der Waals surface area (Å²) in [6.07, 6.45) is 0. The number of fused-ring (bicyclic) bond motifs is 3. The summed E-state index contributed by atoms with van der Waals surface area (Å²) in [5.41, 5.74) is 24.3. The van der Waals surface area contributed by atoms with Gasteiger partial charge in [0.15, 0.2) is 34.4 Å². The number of ether oxygens (including phenoxy) is 4. The summed E-state index contributed by atoms with van der Waals surface area (Å²) in [6.45, 7) is 22.7. The zero-order valence-corrected chi connectivity index (χ0v) is 74.3. The Kier molecular flexibility index (Phi) is 44.7. The van der Waals surface area contributed by atoms with Gasteiger partial charge in [-0.15, -0.1) is 0 Å². The molecule has 10 N–H and O–H groups in total. The number of hydrogen-bond donors (Lipinski definition) is 7. The first kappa shape index (κ1) is 108. The molecule has 680 valence electrons. The van der Waals surface area contributed by atoms with E-state index in [2.05, 4.69) is 145 Å². The molecule has 3 fully saturated rings. The maximum absolute atomic E-state index is 11.1. The molecule has 44 nitrogen and oxygen atoms in total. The van der Waals surface area contributed by atoms with Crippen LogP contribution in [0.2, 0.25) is 0 Å². The Morgan fingerprint density at radius 3 is 1.18 bits per heavy atom. The van der Waals surface area contributed by atoms with Crippen molar-refractivity contribution in [1.29, 1.82) is 0 Å². The molecule has 0 spiro atoms. The maximum atomic E-state index is 11.1. The van der Waals surface area contributed by atoms with Crippen molar-refractivity contribution >= 4 is 195 Å². The summed E-state index contributed by atoms with van der Waals surface area (Å²) in [6, 6.07) is 21.0. The highest BCUT2D eigenvalue weighted by Gasteiger charge is 2.26. The van der Waals surface area contributed by atoms with Gasteiger partial charge in [0.25, 0.3) is 34.1 Å². The second kappa shape index (κ2) is 51.5. The number of aryl methyl sites for hydroxylation is 3. The Balaban J connectivity index is 0.000000482. The quantitative estimate of drug-likeness (QED) is 0.0141. The number of non-ortho nitro benzene ring substituents is 6. The Hall–Kier alpha value is -12.6. The number of nitrogens with zero attached hydrogens (tertiary/aromatic N) is 14. The smallest absolute Gasteiger partial charge is 0.310 e. The number of carbonyl (C=O) groups excluding carboxylic acids is 4. The number of aromatic hydroxyl groups is 1. The maximum Gasteiger partial charge on any atom is 0.310 e. The first-order valence-corrected chi connectivity index (χ1v) is 39.0. The van der Waals surface area contributed by atoms with Crippen LogP contribution in [0.3, 0.4) is 0 Å². The van der Waals surface area contributed by atoms with Crippen molar-refractivity contribution in [2.45, 2.75) is 70.7 Å². The number of carbonyl (C=O) groups is 4. The molecule has 3 aromatic heterocycles. The van der Waals surface area contributed by atoms with Crippen molar-refractivity contribution in [2.24, 2.45) is 0 Å². The normalized spacial score (nSPS) is 12.6. The molecule has 13 rings (SSSR count). The number of halogens is 4. The number of benzene rings is 7. The van der Waals surface area contributed by atoms with E-state index in [1.807, 2.05) is 19.1 Å². The van der Waals surface area contributed by atoms with Gasteiger partial charge in [0, 0.05) is 175 Å². The first-order chi connectivity index (χ1) is 57.3. The number of likely N-dealkylation sites (N-methyl/N-ethyl adjacent to an activating group) is 3. The third-order valence-electron chi connectivity index (χ3n) is 16.7. The molecule has 0 atom stereocenters. The van der Waals surface area contributed by atoms with Crippen LogP contribution in [-0.2, 0) is 23.9 Å². The first-order valence-electron chi connectivity index (χ1n) is 35.8. The molecule has 0 aliphatic carbocycles. The molecule has 2 amide bonds. The van der Waals surface area contributed by atoms with Gasteiger partial charge in [0.1, 0.15) is 39.5 Å². The van der Waals surface area contributed by atoms with Crippen LogP contribution >= 0.6 is 63.7 Å². The van der Waals surface area contributed by atoms with Crippen LogP contribution < -0.4 is 57.2 Å². The molecule has 10 aromatic rings. The number of phenolic OH excluding ortho intramolecular Hbond substituents is 1. The van der Waals surface area contributed by atoms with Gasteiger partial charge in [0.05, 0.1) is 139 Å². The predicted octanol–water partition coefficient (Wildman–Crippen LogP) is 15.1. The van der Waals surface area contributed by atoms with E-state index in [9.17, 15) is 85.0 Å². The van der Waals surface area contributed by atoms with E-state index < -0.39 is 41.5 Å². The topological polar surface area (TPSA) is 593 Å². The standard InChI is InChI=1S/C13H16N4O3.C13H18N4O.C9H9BrN2O4.C8H7BrN2O4.C8H5BrN2O3.C7H7BrN2O3.C7H8N2O3.C5H12N2.C4H6O3.3CH4/c1-9-14-13-11(16-5-3-15(2)4-6-16)7-10(17(18)19)8-12(13)20-9;1-9-15-13-11(7-10(14)8-12(13)18-9)17-5-3-16(2)4-6-17;1-5(13)11-9-7(10)3-6(12(14)15)4-8(9)16-2;1-4(12)10-8-6(9)2-5(11(14)15)3-7(8)13;1-4-10-8-6(9)2-5(11(12)13)3-7(8)14-4;1-13-6-3-4(10(11)12)2-5(8)7(6)9;1-12-7-4-5(9(10)11)2-3-6(7)8;1-7-4-2-6-3-5-7;1-3(5)7-4(2)6;;;/h7-8H,3-6H2,1-2H3;7-8H,3-6,14H2,1-2H3;3-4H,1-2H3,(H,11,13);2-3,13H,1H3,(H,10,12);2-3H,1H3;2-3H,9H2,1H3;2-4H,8H2,1H3;6H,2-5H2,1H3;1-2H3;3*1H4. The van der Waals surface area contributed by atoms with Crippen molar-refractivity contribution in [3.05, 3.63) is 187 Å². The molecule has 3 saturated heterocycles. The largest absolute Gasteiger partial charge is 0.505 e. The van der Waals surface area contributed by atoms with E-state index >= 15 is 0 Å². The average Bonchev–Trinajstić information content (AvgIpc) is 1.66. The van der Waals surface area contributed by atoms with E-state index in [4.69, 9.17) is 44.7 Å². The van der Waals surface area contributed by atoms with Gasteiger partial charge in [-0.25, -0.2) is 15.0 Å². The summed E-state index contributed by atoms with van der Waals surface area (Å²) < 4.78 is 36.5. The lowest BCUT2D eigenvalue weighted by atomic mass is 10.2. The van der Waals surface area contributed by atoms with E-state index in [0.717, 1.165) is 99.7 Å². The number of phenols is 1. The number of nitro groups is 6. The third-order valence-corrected chi connectivity index (χ3v) is 19.2. The van der Waals surface area contributed by atoms with Crippen LogP contribution in [0.15, 0.2) is 122 Å². The number of nitro benzene ring substituents is 6. The number of rotatable bonds is 13. The number of nitrogens with one attached hydrogen (secondary N) is 3. The molecule has 7 aromatic carbocycles. The van der Waals surface area contributed by atoms with Gasteiger partial charge in [-0.2, -0.15) is 0 Å². The summed E-state index contributed by atoms with van der Waals surface area (Å²) in [7, 11) is 10.6. The van der Waals surface area contributed by atoms with Crippen molar-refractivity contribution in [1.82, 2.24) is 35.0 Å². The fourth-order valence-corrected chi connectivity index (χ4v) is 12.9. The molecular weight excluding hydrogens is 1910 g/mol. The number of methoxy groups -OCH3 is 3. The van der Waals surface area contributed by atoms with E-state index in [1.165, 1.54) is 129 Å². The van der Waals surface area contributed by atoms with Crippen molar-refractivity contribution in [3.63, 3.8) is 0 Å². The lowest BCUT2D eigenvalue weighted by molar-refractivity contribution is -0.385. The molecule has 48 heteroatoms. The predicted molar refractivity (Wildman–Crippen MR) is 488 cm³/mol. The third kappa shape index (κ3) is 33.9. The van der Waals surface area contributed by atoms with Crippen LogP contribution in [0, 0.1) is 81.5 Å². The van der Waals surface area contributed by atoms with Crippen LogP contribution in [-0.4, -0.2) is 209 Å². The lowest BCUT2D eigenvalue weighted by Crippen LogP contribution is -2.44. The number of oxazole rings is 3. The molecule has 3 aliphatic heterocycles. The van der Waals surface area contributed by atoms with Gasteiger partial charge in [-0.1, -0.05) is 22.3 Å². The minimum Gasteiger partial charge on any atom is -0.505 e. The van der Waals surface area contributed by atoms with Gasteiger partial charge < -0.3 is 95.0 Å². The number of anilines is 7. The van der Waals surface area contributed by atoms with E-state index in [1.54, 1.807) is 19.9 Å². The minimum absolute atomic E-state index is 0. The summed E-state index contributed by atoms with van der Waals surface area (Å²) in [5, 5.41) is 80.9. The fraction of sp³-hybridized carbons (Fsp3) is 0.364. The number of amides is 2. The van der Waals surface area contributed by atoms with Crippen molar-refractivity contribution in [2.75, 3.05) is 159 Å². The monoisotopic (exact) mass is 2000 g/mol. The van der Waals surface area contributed by atoms with Crippen LogP contribution in [0.5, 0.6) is 23.0 Å². The zero-order valence-electron chi connectivity index (χ0n) is 68.0. The molecule has 0 unspecified atom stereocenters. The Morgan fingerprint density at radius 1 is 0.440 bits per heavy atom. The highest BCUT2D eigenvalue weighted by molar-refractivity contribution is 9.11. The number of aromatic nitrogens is 3. The zero-order chi connectivity index (χ0) is 91.3. The number of nitrogen functional groups attached to an aromatic ring is 3. The molecule has 0 bridgehead atoms. The van der Waals surface area contributed by atoms with Crippen LogP contribution in [0.1, 0.15) is 67.6 Å². The number of nitrogens with two attached hydrogens (primary N) is 3. The van der Waals surface area contributed by atoms with Gasteiger partial charge >= 0.3 is 11.9 Å². The van der Waals surface area contributed by atoms with Gasteiger partial charge in [0.2, 0.25) is 11.8 Å². The fourth-order valence-electron chi connectivity index (χ4n) is 10.9. The van der Waals surface area contributed by atoms with Crippen molar-refractivity contribution < 1.29 is 86.0 Å². The summed E-state index contributed by atoms with van der Waals surface area (Å²) in [4.78, 5) is 126. The van der Waals surface area contributed by atoms with Crippen LogP contribution in [0.25, 0.3) is 33.3 Å². The summed E-state index contributed by atoms with van der Waals surface area (Å²) >= 11 is 12.5. The molecule has 6 heterocycles. The minimum atomic E-state index is -0.637. The average molecular weight is 2010 g/mol. The van der Waals surface area contributed by atoms with Gasteiger partial charge in [-0.3, -0.25) is 79.9 Å². The molecule has 0 saturated carbocycles. The Morgan fingerprint density at radius 2 is 0.784 bits per heavy atom. The molecule has 3 aliphatic rings. The number of piperazine rings is 3. The van der Waals surface area contributed by atoms with E-state index in [0.29, 0.717) is 81.9 Å². The number of hydrogen-bond acceptors (Lipinski definition) is 36. The van der Waals surface area contributed by atoms with Gasteiger partial charge in [-0.05, 0) is 97.0 Å². The Bertz CT molecular complexity index is 5390. The highest BCUT2D eigenvalue weighted by atomic mass is 79.9. The second-order valence-corrected chi connectivity index (χ2v) is 29.5. The summed E-state index contributed by atoms with van der Waals surface area (Å²) in [5.74, 6) is 0.406. The molecule has 0 radical (unpaired) electrons. The lowest BCUT2D eigenvalue weighted by Gasteiger charge is -2.34. The molecular formula is C77H100Br4N20O24.